The van der Waals surface area contributed by atoms with Gasteiger partial charge < -0.3 is 24.1 Å². The number of pyridine rings is 1. The molecule has 0 bridgehead atoms. The molecule has 2 unspecified atom stereocenters. The monoisotopic (exact) mass is 500 g/mol. The lowest BCUT2D eigenvalue weighted by Crippen LogP contribution is -2.27. The molecule has 0 radical (unpaired) electrons. The van der Waals surface area contributed by atoms with Gasteiger partial charge in [-0.1, -0.05) is 6.07 Å². The third-order valence-corrected chi connectivity index (χ3v) is 6.31. The van der Waals surface area contributed by atoms with Gasteiger partial charge in [-0.25, -0.2) is 4.39 Å². The van der Waals surface area contributed by atoms with Crippen LogP contribution in [0.25, 0.3) is 33.6 Å². The van der Waals surface area contributed by atoms with Gasteiger partial charge in [-0.15, -0.1) is 0 Å². The molecule has 1 amide bonds. The van der Waals surface area contributed by atoms with Crippen LogP contribution in [-0.2, 0) is 0 Å². The number of carbonyl (C=O) groups is 1. The van der Waals surface area contributed by atoms with Crippen LogP contribution in [0.2, 0.25) is 0 Å². The van der Waals surface area contributed by atoms with Crippen LogP contribution in [0, 0.1) is 11.3 Å². The Morgan fingerprint density at radius 3 is 2.68 bits per heavy atom. The van der Waals surface area contributed by atoms with Crippen molar-refractivity contribution in [2.75, 3.05) is 34.3 Å². The molecule has 188 valence electrons. The van der Waals surface area contributed by atoms with Gasteiger partial charge in [0.2, 0.25) is 0 Å². The Labute approximate surface area is 213 Å². The fourth-order valence-corrected chi connectivity index (χ4v) is 4.37. The summed E-state index contributed by atoms with van der Waals surface area (Å²) < 4.78 is 31.6. The number of benzene rings is 2. The van der Waals surface area contributed by atoms with Crippen LogP contribution in [-0.4, -0.2) is 62.4 Å². The summed E-state index contributed by atoms with van der Waals surface area (Å²) >= 11 is 0. The number of aromatic nitrogens is 1. The molecule has 4 aromatic rings. The molecule has 0 aliphatic carbocycles. The van der Waals surface area contributed by atoms with Crippen LogP contribution in [0.4, 0.5) is 4.39 Å². The second-order valence-corrected chi connectivity index (χ2v) is 8.95. The van der Waals surface area contributed by atoms with Crippen LogP contribution in [0.1, 0.15) is 15.9 Å². The Hall–Kier alpha value is -4.42. The van der Waals surface area contributed by atoms with Gasteiger partial charge in [0.1, 0.15) is 34.9 Å². The number of rotatable bonds is 6. The van der Waals surface area contributed by atoms with Gasteiger partial charge >= 0.3 is 0 Å². The predicted octanol–water partition coefficient (Wildman–Crippen LogP) is 4.43. The number of hydrogen-bond acceptors (Lipinski definition) is 7. The zero-order valence-electron chi connectivity index (χ0n) is 20.6. The number of nitriles is 1. The molecule has 9 heteroatoms. The van der Waals surface area contributed by atoms with Crippen molar-refractivity contribution in [1.82, 2.24) is 15.2 Å². The zero-order chi connectivity index (χ0) is 26.1. The molecule has 1 fully saturated rings. The minimum Gasteiger partial charge on any atom is -0.496 e. The molecule has 2 aromatic carbocycles. The van der Waals surface area contributed by atoms with E-state index in [0.29, 0.717) is 51.6 Å². The number of carbonyl (C=O) groups excluding carboxylic acids is 1. The third kappa shape index (κ3) is 4.59. The lowest BCUT2D eigenvalue weighted by atomic mass is 10.0. The van der Waals surface area contributed by atoms with Gasteiger partial charge in [-0.3, -0.25) is 9.78 Å². The van der Waals surface area contributed by atoms with E-state index in [0.717, 1.165) is 11.1 Å². The Bertz CT molecular complexity index is 1520. The molecular formula is C28H25FN4O4. The summed E-state index contributed by atoms with van der Waals surface area (Å²) in [5.41, 5.74) is 4.11. The highest BCUT2D eigenvalue weighted by molar-refractivity contribution is 5.96. The topological polar surface area (TPSA) is 101 Å². The van der Waals surface area contributed by atoms with Crippen molar-refractivity contribution in [3.8, 4) is 40.0 Å². The standard InChI is InChI=1S/C28H25FN4O4/c1-33(2)28(34)17-4-6-20(24(11-17)35-3)25-12-22-27(37-25)19(8-9-32-22)16-5-7-23(18(10-16)13-30)36-26-15-31-14-21(26)29/h4-12,21,26,31H,14-15H2,1-3H3. The van der Waals surface area contributed by atoms with Crippen molar-refractivity contribution < 1.29 is 23.1 Å². The molecule has 1 saturated heterocycles. The van der Waals surface area contributed by atoms with Gasteiger partial charge in [0.25, 0.3) is 5.91 Å². The first-order valence-corrected chi connectivity index (χ1v) is 11.7. The van der Waals surface area contributed by atoms with E-state index in [2.05, 4.69) is 16.4 Å². The number of nitrogens with zero attached hydrogens (tertiary/aromatic N) is 3. The number of hydrogen-bond donors (Lipinski definition) is 1. The van der Waals surface area contributed by atoms with Crippen LogP contribution >= 0.6 is 0 Å². The second-order valence-electron chi connectivity index (χ2n) is 8.95. The van der Waals surface area contributed by atoms with Crippen LogP contribution < -0.4 is 14.8 Å². The molecule has 1 N–H and O–H groups in total. The van der Waals surface area contributed by atoms with Crippen molar-refractivity contribution in [3.05, 3.63) is 65.9 Å². The van der Waals surface area contributed by atoms with Crippen molar-refractivity contribution in [1.29, 1.82) is 5.26 Å². The summed E-state index contributed by atoms with van der Waals surface area (Å²) in [5.74, 6) is 1.23. The quantitative estimate of drug-likeness (QED) is 0.418. The van der Waals surface area contributed by atoms with Crippen LogP contribution in [0.3, 0.4) is 0 Å². The van der Waals surface area contributed by atoms with E-state index < -0.39 is 12.3 Å². The lowest BCUT2D eigenvalue weighted by molar-refractivity contribution is 0.0827. The van der Waals surface area contributed by atoms with Gasteiger partial charge in [0, 0.05) is 50.6 Å². The minimum absolute atomic E-state index is 0.134. The van der Waals surface area contributed by atoms with Crippen LogP contribution in [0.5, 0.6) is 11.5 Å². The molecule has 5 rings (SSSR count). The Morgan fingerprint density at radius 1 is 1.14 bits per heavy atom. The normalized spacial score (nSPS) is 16.9. The zero-order valence-corrected chi connectivity index (χ0v) is 20.6. The number of alkyl halides is 1. The number of halogens is 1. The molecule has 37 heavy (non-hydrogen) atoms. The maximum atomic E-state index is 14.0. The van der Waals surface area contributed by atoms with E-state index in [9.17, 15) is 14.4 Å². The Morgan fingerprint density at radius 2 is 1.97 bits per heavy atom. The third-order valence-electron chi connectivity index (χ3n) is 6.31. The first kappa shape index (κ1) is 24.3. The molecular weight excluding hydrogens is 475 g/mol. The highest BCUT2D eigenvalue weighted by Gasteiger charge is 2.29. The molecule has 2 atom stereocenters. The summed E-state index contributed by atoms with van der Waals surface area (Å²) in [4.78, 5) is 18.3. The molecule has 8 nitrogen and oxygen atoms in total. The fourth-order valence-electron chi connectivity index (χ4n) is 4.37. The molecule has 2 aromatic heterocycles. The average molecular weight is 501 g/mol. The fraction of sp³-hybridized carbons (Fsp3) is 0.250. The first-order chi connectivity index (χ1) is 17.9. The molecule has 3 heterocycles. The largest absolute Gasteiger partial charge is 0.496 e. The number of nitrogens with one attached hydrogen (secondary N) is 1. The smallest absolute Gasteiger partial charge is 0.253 e. The second kappa shape index (κ2) is 9.91. The lowest BCUT2D eigenvalue weighted by Gasteiger charge is -2.16. The van der Waals surface area contributed by atoms with Crippen molar-refractivity contribution in [3.63, 3.8) is 0 Å². The van der Waals surface area contributed by atoms with E-state index in [1.165, 1.54) is 12.0 Å². The van der Waals surface area contributed by atoms with E-state index in [4.69, 9.17) is 13.9 Å². The number of fused-ring (bicyclic) bond motifs is 1. The Kier molecular flexibility index (Phi) is 6.51. The van der Waals surface area contributed by atoms with Gasteiger partial charge in [0.15, 0.2) is 11.8 Å². The average Bonchev–Trinajstić information content (AvgIpc) is 3.53. The summed E-state index contributed by atoms with van der Waals surface area (Å²) in [5, 5.41) is 12.7. The number of amides is 1. The van der Waals surface area contributed by atoms with E-state index >= 15 is 0 Å². The van der Waals surface area contributed by atoms with Crippen molar-refractivity contribution >= 4 is 17.0 Å². The number of methoxy groups -OCH3 is 1. The summed E-state index contributed by atoms with van der Waals surface area (Å²) in [7, 11) is 4.92. The van der Waals surface area contributed by atoms with E-state index in [-0.39, 0.29) is 12.5 Å². The highest BCUT2D eigenvalue weighted by atomic mass is 19.1. The molecule has 1 aliphatic rings. The molecule has 1 aliphatic heterocycles. The summed E-state index contributed by atoms with van der Waals surface area (Å²) in [6.45, 7) is 0.627. The van der Waals surface area contributed by atoms with Gasteiger partial charge in [-0.05, 0) is 42.0 Å². The van der Waals surface area contributed by atoms with Crippen molar-refractivity contribution in [2.24, 2.45) is 0 Å². The first-order valence-electron chi connectivity index (χ1n) is 11.7. The Balaban J connectivity index is 1.52. The van der Waals surface area contributed by atoms with E-state index in [1.807, 2.05) is 6.07 Å². The van der Waals surface area contributed by atoms with E-state index in [1.54, 1.807) is 62.8 Å². The van der Waals surface area contributed by atoms with Gasteiger partial charge in [0.05, 0.1) is 18.2 Å². The predicted molar refractivity (Wildman–Crippen MR) is 136 cm³/mol. The summed E-state index contributed by atoms with van der Waals surface area (Å²) in [6.07, 6.45) is -0.0891. The van der Waals surface area contributed by atoms with Gasteiger partial charge in [-0.2, -0.15) is 5.26 Å². The SMILES string of the molecule is COc1cc(C(=O)N(C)C)ccc1-c1cc2nccc(-c3ccc(OC4CNCC4F)c(C#N)c3)c2o1. The summed E-state index contributed by atoms with van der Waals surface area (Å²) in [6, 6.07) is 16.1. The minimum atomic E-state index is -1.13. The number of furan rings is 1. The molecule has 0 spiro atoms. The van der Waals surface area contributed by atoms with Crippen molar-refractivity contribution in [2.45, 2.75) is 12.3 Å². The number of ether oxygens (including phenoxy) is 2. The van der Waals surface area contributed by atoms with Crippen LogP contribution in [0.15, 0.2) is 59.1 Å². The maximum absolute atomic E-state index is 14.0. The highest BCUT2D eigenvalue weighted by Crippen LogP contribution is 2.38. The maximum Gasteiger partial charge on any atom is 0.253 e. The molecule has 0 saturated carbocycles.